The molecule has 0 fully saturated rings. The molecule has 1 aliphatic heterocycles. The smallest absolute Gasteiger partial charge is 0.254 e. The summed E-state index contributed by atoms with van der Waals surface area (Å²) in [6.45, 7) is 2.99. The molecule has 1 atom stereocenters. The maximum Gasteiger partial charge on any atom is 0.254 e. The number of hydrogen-bond acceptors (Lipinski definition) is 3. The van der Waals surface area contributed by atoms with Crippen molar-refractivity contribution in [1.29, 1.82) is 0 Å². The van der Waals surface area contributed by atoms with Gasteiger partial charge in [-0.1, -0.05) is 54.6 Å². The minimum Gasteiger partial charge on any atom is -0.330 e. The van der Waals surface area contributed by atoms with Gasteiger partial charge >= 0.3 is 0 Å². The standard InChI is InChI=1S/C24H23N3O2/c1-18(20-9-3-2-4-10-20)27(15-19-8-7-13-25-14-19)23(28)17-26-16-21-11-5-6-12-22(21)24(26)29/h2-14,18H,15-17H2,1H3/t18-/m1/s1. The third-order valence-corrected chi connectivity index (χ3v) is 5.37. The zero-order valence-electron chi connectivity index (χ0n) is 16.4. The Hall–Kier alpha value is -3.47. The van der Waals surface area contributed by atoms with Crippen LogP contribution in [0.2, 0.25) is 0 Å². The van der Waals surface area contributed by atoms with E-state index in [-0.39, 0.29) is 24.4 Å². The topological polar surface area (TPSA) is 53.5 Å². The fourth-order valence-electron chi connectivity index (χ4n) is 3.74. The van der Waals surface area contributed by atoms with Crippen LogP contribution in [0.1, 0.15) is 40.0 Å². The molecule has 0 unspecified atom stereocenters. The van der Waals surface area contributed by atoms with E-state index in [4.69, 9.17) is 0 Å². The van der Waals surface area contributed by atoms with Crippen LogP contribution in [-0.2, 0) is 17.9 Å². The first-order valence-corrected chi connectivity index (χ1v) is 9.74. The predicted molar refractivity (Wildman–Crippen MR) is 111 cm³/mol. The van der Waals surface area contributed by atoms with Crippen LogP contribution in [-0.4, -0.2) is 33.1 Å². The second-order valence-electron chi connectivity index (χ2n) is 7.29. The lowest BCUT2D eigenvalue weighted by Gasteiger charge is -2.31. The molecule has 3 aromatic rings. The number of pyridine rings is 1. The van der Waals surface area contributed by atoms with Crippen molar-refractivity contribution >= 4 is 11.8 Å². The van der Waals surface area contributed by atoms with Crippen LogP contribution in [0.15, 0.2) is 79.1 Å². The van der Waals surface area contributed by atoms with Gasteiger partial charge in [-0.05, 0) is 35.7 Å². The zero-order valence-corrected chi connectivity index (χ0v) is 16.4. The van der Waals surface area contributed by atoms with Gasteiger partial charge in [0, 0.05) is 31.0 Å². The van der Waals surface area contributed by atoms with Crippen LogP contribution in [0.5, 0.6) is 0 Å². The highest BCUT2D eigenvalue weighted by molar-refractivity contribution is 6.00. The van der Waals surface area contributed by atoms with Crippen molar-refractivity contribution in [3.63, 3.8) is 0 Å². The molecule has 5 heteroatoms. The number of fused-ring (bicyclic) bond motifs is 1. The normalized spacial score (nSPS) is 13.8. The van der Waals surface area contributed by atoms with Gasteiger partial charge in [-0.25, -0.2) is 0 Å². The average molecular weight is 385 g/mol. The van der Waals surface area contributed by atoms with Crippen LogP contribution in [0.4, 0.5) is 0 Å². The van der Waals surface area contributed by atoms with E-state index in [2.05, 4.69) is 4.98 Å². The third kappa shape index (κ3) is 4.04. The molecule has 1 aromatic heterocycles. The first-order chi connectivity index (χ1) is 14.1. The number of amides is 2. The highest BCUT2D eigenvalue weighted by Crippen LogP contribution is 2.25. The Kier molecular flexibility index (Phi) is 5.38. The molecule has 0 aliphatic carbocycles. The fourth-order valence-corrected chi connectivity index (χ4v) is 3.74. The summed E-state index contributed by atoms with van der Waals surface area (Å²) in [6, 6.07) is 21.2. The Balaban J connectivity index is 1.56. The van der Waals surface area contributed by atoms with E-state index < -0.39 is 0 Å². The molecule has 0 saturated heterocycles. The van der Waals surface area contributed by atoms with Crippen LogP contribution >= 0.6 is 0 Å². The van der Waals surface area contributed by atoms with Gasteiger partial charge in [0.1, 0.15) is 6.54 Å². The third-order valence-electron chi connectivity index (χ3n) is 5.37. The van der Waals surface area contributed by atoms with E-state index in [1.807, 2.05) is 78.6 Å². The van der Waals surface area contributed by atoms with Crippen molar-refractivity contribution in [2.24, 2.45) is 0 Å². The van der Waals surface area contributed by atoms with Gasteiger partial charge in [-0.2, -0.15) is 0 Å². The van der Waals surface area contributed by atoms with Gasteiger partial charge in [-0.3, -0.25) is 14.6 Å². The fraction of sp³-hybridized carbons (Fsp3) is 0.208. The SMILES string of the molecule is C[C@H](c1ccccc1)N(Cc1cccnc1)C(=O)CN1Cc2ccccc2C1=O. The van der Waals surface area contributed by atoms with Gasteiger partial charge in [0.05, 0.1) is 6.04 Å². The molecule has 5 nitrogen and oxygen atoms in total. The largest absolute Gasteiger partial charge is 0.330 e. The van der Waals surface area contributed by atoms with Crippen LogP contribution < -0.4 is 0 Å². The Morgan fingerprint density at radius 1 is 1.07 bits per heavy atom. The summed E-state index contributed by atoms with van der Waals surface area (Å²) in [7, 11) is 0. The molecule has 0 bridgehead atoms. The molecule has 0 N–H and O–H groups in total. The summed E-state index contributed by atoms with van der Waals surface area (Å²) < 4.78 is 0. The van der Waals surface area contributed by atoms with E-state index in [0.29, 0.717) is 18.7 Å². The van der Waals surface area contributed by atoms with E-state index in [0.717, 1.165) is 16.7 Å². The van der Waals surface area contributed by atoms with E-state index in [9.17, 15) is 9.59 Å². The Bertz CT molecular complexity index is 1000. The molecule has 4 rings (SSSR count). The highest BCUT2D eigenvalue weighted by Gasteiger charge is 2.31. The van der Waals surface area contributed by atoms with Crippen molar-refractivity contribution in [3.8, 4) is 0 Å². The Morgan fingerprint density at radius 2 is 1.83 bits per heavy atom. The van der Waals surface area contributed by atoms with Crippen LogP contribution in [0.3, 0.4) is 0 Å². The Morgan fingerprint density at radius 3 is 2.55 bits per heavy atom. The number of rotatable bonds is 6. The minimum absolute atomic E-state index is 0.0605. The summed E-state index contributed by atoms with van der Waals surface area (Å²) in [5, 5.41) is 0. The van der Waals surface area contributed by atoms with Crippen molar-refractivity contribution < 1.29 is 9.59 Å². The van der Waals surface area contributed by atoms with E-state index >= 15 is 0 Å². The average Bonchev–Trinajstić information content (AvgIpc) is 3.08. The van der Waals surface area contributed by atoms with Crippen LogP contribution in [0, 0.1) is 0 Å². The number of nitrogens with zero attached hydrogens (tertiary/aromatic N) is 3. The molecular weight excluding hydrogens is 362 g/mol. The van der Waals surface area contributed by atoms with Crippen LogP contribution in [0.25, 0.3) is 0 Å². The first-order valence-electron chi connectivity index (χ1n) is 9.74. The molecule has 0 saturated carbocycles. The summed E-state index contributed by atoms with van der Waals surface area (Å²) >= 11 is 0. The second kappa shape index (κ2) is 8.27. The van der Waals surface area contributed by atoms with Gasteiger partial charge in [-0.15, -0.1) is 0 Å². The zero-order chi connectivity index (χ0) is 20.2. The molecule has 0 spiro atoms. The molecule has 1 aliphatic rings. The van der Waals surface area contributed by atoms with Gasteiger partial charge in [0.15, 0.2) is 0 Å². The maximum absolute atomic E-state index is 13.3. The lowest BCUT2D eigenvalue weighted by atomic mass is 10.1. The number of benzene rings is 2. The van der Waals surface area contributed by atoms with Gasteiger partial charge in [0.2, 0.25) is 5.91 Å². The monoisotopic (exact) mass is 385 g/mol. The van der Waals surface area contributed by atoms with Gasteiger partial charge < -0.3 is 9.80 Å². The quantitative estimate of drug-likeness (QED) is 0.648. The molecule has 29 heavy (non-hydrogen) atoms. The van der Waals surface area contributed by atoms with E-state index in [1.165, 1.54) is 0 Å². The summed E-state index contributed by atoms with van der Waals surface area (Å²) in [4.78, 5) is 33.6. The maximum atomic E-state index is 13.3. The lowest BCUT2D eigenvalue weighted by molar-refractivity contribution is -0.134. The van der Waals surface area contributed by atoms with Crippen molar-refractivity contribution in [3.05, 3.63) is 101 Å². The first kappa shape index (κ1) is 18.9. The second-order valence-corrected chi connectivity index (χ2v) is 7.29. The minimum atomic E-state index is -0.121. The summed E-state index contributed by atoms with van der Waals surface area (Å²) in [6.07, 6.45) is 3.49. The number of hydrogen-bond donors (Lipinski definition) is 0. The van der Waals surface area contributed by atoms with Crippen molar-refractivity contribution in [1.82, 2.24) is 14.8 Å². The lowest BCUT2D eigenvalue weighted by Crippen LogP contribution is -2.41. The molecule has 2 heterocycles. The van der Waals surface area contributed by atoms with E-state index in [1.54, 1.807) is 17.3 Å². The molecule has 2 amide bonds. The highest BCUT2D eigenvalue weighted by atomic mass is 16.2. The number of aromatic nitrogens is 1. The molecule has 146 valence electrons. The number of carbonyl (C=O) groups is 2. The molecular formula is C24H23N3O2. The predicted octanol–water partition coefficient (Wildman–Crippen LogP) is 3.83. The van der Waals surface area contributed by atoms with Gasteiger partial charge in [0.25, 0.3) is 5.91 Å². The van der Waals surface area contributed by atoms with Crippen molar-refractivity contribution in [2.75, 3.05) is 6.54 Å². The molecule has 0 radical (unpaired) electrons. The number of carbonyl (C=O) groups excluding carboxylic acids is 2. The summed E-state index contributed by atoms with van der Waals surface area (Å²) in [5.41, 5.74) is 3.68. The Labute approximate surface area is 170 Å². The molecule has 2 aromatic carbocycles. The van der Waals surface area contributed by atoms with Crippen molar-refractivity contribution in [2.45, 2.75) is 26.1 Å². The summed E-state index contributed by atoms with van der Waals surface area (Å²) in [5.74, 6) is -0.158.